The summed E-state index contributed by atoms with van der Waals surface area (Å²) >= 11 is 0. The highest BCUT2D eigenvalue weighted by Crippen LogP contribution is 1.90. The molecule has 6 heavy (non-hydrogen) atoms. The molecule has 38 valence electrons. The minimum absolute atomic E-state index is 0.915. The van der Waals surface area contributed by atoms with E-state index < -0.39 is 0 Å². The molecular weight excluding hydrogens is 93.0 g/mol. The Morgan fingerprint density at radius 3 is 2.50 bits per heavy atom. The van der Waals surface area contributed by atoms with Crippen LogP contribution in [0.2, 0.25) is 0 Å². The van der Waals surface area contributed by atoms with Crippen LogP contribution in [0.1, 0.15) is 13.3 Å². The predicted octanol–water partition coefficient (Wildman–Crippen LogP) is 1.21. The number of hydrogen-bond acceptors (Lipinski definition) is 1. The quantitative estimate of drug-likeness (QED) is 0.420. The Kier molecular flexibility index (Phi) is 5.74. The molecule has 0 fully saturated rings. The van der Waals surface area contributed by atoms with E-state index in [1.165, 1.54) is 13.0 Å². The largest absolute Gasteiger partial charge is 0.298 e. The lowest BCUT2D eigenvalue weighted by atomic mass is 10.5. The summed E-state index contributed by atoms with van der Waals surface area (Å²) in [4.78, 5) is 0. The maximum absolute atomic E-state index is 3.23. The molecule has 0 aromatic heterocycles. The Morgan fingerprint density at radius 1 is 1.67 bits per heavy atom. The van der Waals surface area contributed by atoms with Crippen molar-refractivity contribution in [3.05, 3.63) is 0 Å². The summed E-state index contributed by atoms with van der Waals surface area (Å²) in [5.41, 5.74) is 0. The molecule has 0 rings (SSSR count). The van der Waals surface area contributed by atoms with Crippen molar-refractivity contribution in [2.45, 2.75) is 13.3 Å². The van der Waals surface area contributed by atoms with Crippen molar-refractivity contribution < 1.29 is 0 Å². The molecule has 1 unspecified atom stereocenters. The Morgan fingerprint density at radius 2 is 2.33 bits per heavy atom. The first-order valence-electron chi connectivity index (χ1n) is 2.31. The van der Waals surface area contributed by atoms with Crippen molar-refractivity contribution in [1.29, 1.82) is 0 Å². The smallest absolute Gasteiger partial charge is 0.00149 e. The van der Waals surface area contributed by atoms with E-state index in [0.29, 0.717) is 0 Å². The molecule has 0 spiro atoms. The van der Waals surface area contributed by atoms with Gasteiger partial charge in [-0.15, -0.1) is 0 Å². The monoisotopic (exact) mass is 105 g/mol. The van der Waals surface area contributed by atoms with Gasteiger partial charge in [0.2, 0.25) is 0 Å². The van der Waals surface area contributed by atoms with E-state index in [1.54, 1.807) is 0 Å². The predicted molar refractivity (Wildman–Crippen MR) is 32.5 cm³/mol. The average Bonchev–Trinajstić information content (AvgIpc) is 1.61. The summed E-state index contributed by atoms with van der Waals surface area (Å²) in [6.07, 6.45) is 1.25. The summed E-state index contributed by atoms with van der Waals surface area (Å²) in [5, 5.41) is 3.23. The highest BCUT2D eigenvalue weighted by atomic mass is 31.1. The summed E-state index contributed by atoms with van der Waals surface area (Å²) in [6, 6.07) is 0. The molecule has 0 amide bonds. The molecule has 0 saturated heterocycles. The van der Waals surface area contributed by atoms with Gasteiger partial charge in [0, 0.05) is 0 Å². The van der Waals surface area contributed by atoms with Gasteiger partial charge >= 0.3 is 0 Å². The normalized spacial score (nSPS) is 11.0. The van der Waals surface area contributed by atoms with Gasteiger partial charge in [0.05, 0.1) is 0 Å². The summed E-state index contributed by atoms with van der Waals surface area (Å²) in [5.74, 6) is 0. The van der Waals surface area contributed by atoms with Crippen LogP contribution >= 0.6 is 8.73 Å². The zero-order valence-corrected chi connectivity index (χ0v) is 5.41. The van der Waals surface area contributed by atoms with Gasteiger partial charge < -0.3 is 0 Å². The fourth-order valence-corrected chi connectivity index (χ4v) is 0.750. The second-order valence-electron chi connectivity index (χ2n) is 1.18. The van der Waals surface area contributed by atoms with Crippen molar-refractivity contribution >= 4 is 8.73 Å². The van der Waals surface area contributed by atoms with Crippen LogP contribution < -0.4 is 5.09 Å². The van der Waals surface area contributed by atoms with E-state index in [4.69, 9.17) is 0 Å². The van der Waals surface area contributed by atoms with E-state index in [1.807, 2.05) is 0 Å². The molecule has 0 aromatic rings. The van der Waals surface area contributed by atoms with E-state index in [2.05, 4.69) is 18.7 Å². The van der Waals surface area contributed by atoms with E-state index >= 15 is 0 Å². The van der Waals surface area contributed by atoms with Gasteiger partial charge in [-0.3, -0.25) is 5.09 Å². The fraction of sp³-hybridized carbons (Fsp3) is 1.00. The minimum Gasteiger partial charge on any atom is -0.298 e. The summed E-state index contributed by atoms with van der Waals surface area (Å²) < 4.78 is 0. The Hall–Kier alpha value is 0.390. The maximum Gasteiger partial charge on any atom is -0.00149 e. The Balaban J connectivity index is 2.34. The van der Waals surface area contributed by atoms with Crippen LogP contribution in [-0.4, -0.2) is 13.2 Å². The third kappa shape index (κ3) is 4.39. The van der Waals surface area contributed by atoms with Crippen molar-refractivity contribution in [3.63, 3.8) is 0 Å². The minimum atomic E-state index is 0.915. The highest BCUT2D eigenvalue weighted by molar-refractivity contribution is 7.34. The standard InChI is InChI=1S/C4H12NP/c1-3-4-5-6-2/h5-6H,3-4H2,1-2H3. The van der Waals surface area contributed by atoms with Gasteiger partial charge in [0.15, 0.2) is 0 Å². The molecule has 0 saturated carbocycles. The first-order valence-corrected chi connectivity index (χ1v) is 3.81. The Bertz CT molecular complexity index is 19.5. The second-order valence-corrected chi connectivity index (χ2v) is 2.03. The van der Waals surface area contributed by atoms with Gasteiger partial charge in [-0.1, -0.05) is 15.7 Å². The first-order chi connectivity index (χ1) is 2.91. The van der Waals surface area contributed by atoms with Gasteiger partial charge in [-0.25, -0.2) is 0 Å². The van der Waals surface area contributed by atoms with Gasteiger partial charge in [0.1, 0.15) is 0 Å². The second kappa shape index (κ2) is 5.39. The zero-order chi connectivity index (χ0) is 4.83. The molecule has 0 aliphatic heterocycles. The molecule has 0 bridgehead atoms. The molecular formula is C4H12NP. The Labute approximate surface area is 41.4 Å². The van der Waals surface area contributed by atoms with Crippen LogP contribution in [0.5, 0.6) is 0 Å². The van der Waals surface area contributed by atoms with Gasteiger partial charge in [-0.2, -0.15) is 0 Å². The van der Waals surface area contributed by atoms with Gasteiger partial charge in [0.25, 0.3) is 0 Å². The van der Waals surface area contributed by atoms with Gasteiger partial charge in [-0.05, 0) is 19.6 Å². The molecule has 0 heterocycles. The van der Waals surface area contributed by atoms with E-state index in [-0.39, 0.29) is 0 Å². The zero-order valence-electron chi connectivity index (χ0n) is 4.41. The highest BCUT2D eigenvalue weighted by Gasteiger charge is 1.71. The molecule has 0 aliphatic carbocycles. The molecule has 0 aliphatic rings. The van der Waals surface area contributed by atoms with E-state index in [0.717, 1.165) is 8.73 Å². The molecule has 0 radical (unpaired) electrons. The lowest BCUT2D eigenvalue weighted by molar-refractivity contribution is 0.874. The van der Waals surface area contributed by atoms with Crippen molar-refractivity contribution in [3.8, 4) is 0 Å². The van der Waals surface area contributed by atoms with Crippen LogP contribution in [0.3, 0.4) is 0 Å². The SMILES string of the molecule is CCCNPC. The molecule has 1 nitrogen and oxygen atoms in total. The lowest BCUT2D eigenvalue weighted by Crippen LogP contribution is -1.99. The molecule has 1 atom stereocenters. The summed E-state index contributed by atoms with van der Waals surface area (Å²) in [6.45, 7) is 5.50. The lowest BCUT2D eigenvalue weighted by Gasteiger charge is -1.91. The van der Waals surface area contributed by atoms with Crippen LogP contribution in [0.25, 0.3) is 0 Å². The molecule has 2 heteroatoms. The number of nitrogens with one attached hydrogen (secondary N) is 1. The first kappa shape index (κ1) is 6.39. The van der Waals surface area contributed by atoms with E-state index in [9.17, 15) is 0 Å². The van der Waals surface area contributed by atoms with Crippen LogP contribution in [0.15, 0.2) is 0 Å². The van der Waals surface area contributed by atoms with Crippen molar-refractivity contribution in [2.75, 3.05) is 13.2 Å². The number of hydrogen-bond donors (Lipinski definition) is 1. The maximum atomic E-state index is 3.23. The third-order valence-electron chi connectivity index (χ3n) is 0.552. The summed E-state index contributed by atoms with van der Waals surface area (Å²) in [7, 11) is 0.915. The fourth-order valence-electron chi connectivity index (χ4n) is 0.250. The van der Waals surface area contributed by atoms with Crippen LogP contribution in [-0.2, 0) is 0 Å². The van der Waals surface area contributed by atoms with Crippen molar-refractivity contribution in [2.24, 2.45) is 0 Å². The number of rotatable bonds is 3. The molecule has 0 aromatic carbocycles. The molecule has 1 N–H and O–H groups in total. The third-order valence-corrected chi connectivity index (χ3v) is 1.16. The van der Waals surface area contributed by atoms with Crippen LogP contribution in [0, 0.1) is 0 Å². The topological polar surface area (TPSA) is 12.0 Å². The average molecular weight is 105 g/mol. The van der Waals surface area contributed by atoms with Crippen molar-refractivity contribution in [1.82, 2.24) is 5.09 Å². The van der Waals surface area contributed by atoms with Crippen LogP contribution in [0.4, 0.5) is 0 Å².